The molecule has 1 rings (SSSR count). The molecule has 2 nitrogen and oxygen atoms in total. The molecule has 0 aliphatic heterocycles. The van der Waals surface area contributed by atoms with E-state index in [1.807, 2.05) is 25.0 Å². The van der Waals surface area contributed by atoms with E-state index in [1.54, 1.807) is 0 Å². The normalized spacial score (nSPS) is 10.6. The highest BCUT2D eigenvalue weighted by atomic mass is 32.2. The van der Waals surface area contributed by atoms with Crippen molar-refractivity contribution in [3.8, 4) is 0 Å². The first-order valence-electron chi connectivity index (χ1n) is 5.50. The van der Waals surface area contributed by atoms with Crippen molar-refractivity contribution < 1.29 is 0 Å². The SMILES string of the molecule is CCCCSc1ncc(CNC)cc1C. The van der Waals surface area contributed by atoms with Crippen LogP contribution in [0.4, 0.5) is 0 Å². The number of pyridine rings is 1. The molecule has 0 aromatic carbocycles. The Balaban J connectivity index is 2.58. The van der Waals surface area contributed by atoms with Crippen LogP contribution in [0.1, 0.15) is 30.9 Å². The van der Waals surface area contributed by atoms with E-state index in [1.165, 1.54) is 34.7 Å². The molecule has 0 fully saturated rings. The highest BCUT2D eigenvalue weighted by Gasteiger charge is 2.01. The molecule has 0 unspecified atom stereocenters. The average molecular weight is 224 g/mol. The van der Waals surface area contributed by atoms with E-state index < -0.39 is 0 Å². The van der Waals surface area contributed by atoms with Crippen LogP contribution in [-0.2, 0) is 6.54 Å². The zero-order valence-electron chi connectivity index (χ0n) is 9.84. The Bertz CT molecular complexity index is 300. The first-order chi connectivity index (χ1) is 7.27. The van der Waals surface area contributed by atoms with Gasteiger partial charge in [0.25, 0.3) is 0 Å². The lowest BCUT2D eigenvalue weighted by molar-refractivity contribution is 0.806. The van der Waals surface area contributed by atoms with Crippen LogP contribution in [0.2, 0.25) is 0 Å². The van der Waals surface area contributed by atoms with Gasteiger partial charge in [0.2, 0.25) is 0 Å². The molecule has 1 aromatic rings. The number of nitrogens with one attached hydrogen (secondary N) is 1. The van der Waals surface area contributed by atoms with E-state index >= 15 is 0 Å². The highest BCUT2D eigenvalue weighted by molar-refractivity contribution is 7.99. The number of aryl methyl sites for hydroxylation is 1. The van der Waals surface area contributed by atoms with Gasteiger partial charge in [-0.2, -0.15) is 0 Å². The maximum absolute atomic E-state index is 4.49. The second kappa shape index (κ2) is 6.85. The van der Waals surface area contributed by atoms with Gasteiger partial charge in [0, 0.05) is 12.7 Å². The summed E-state index contributed by atoms with van der Waals surface area (Å²) in [6.45, 7) is 5.26. The van der Waals surface area contributed by atoms with Gasteiger partial charge in [-0.15, -0.1) is 11.8 Å². The van der Waals surface area contributed by atoms with Crippen molar-refractivity contribution in [2.24, 2.45) is 0 Å². The molecule has 0 atom stereocenters. The largest absolute Gasteiger partial charge is 0.316 e. The Morgan fingerprint density at radius 1 is 1.47 bits per heavy atom. The molecule has 1 N–H and O–H groups in total. The van der Waals surface area contributed by atoms with E-state index in [-0.39, 0.29) is 0 Å². The Morgan fingerprint density at radius 2 is 2.27 bits per heavy atom. The van der Waals surface area contributed by atoms with Gasteiger partial charge in [-0.05, 0) is 37.3 Å². The minimum atomic E-state index is 0.897. The second-order valence-electron chi connectivity index (χ2n) is 3.70. The van der Waals surface area contributed by atoms with Crippen molar-refractivity contribution in [1.29, 1.82) is 0 Å². The maximum atomic E-state index is 4.49. The van der Waals surface area contributed by atoms with Gasteiger partial charge in [-0.1, -0.05) is 19.4 Å². The number of hydrogen-bond donors (Lipinski definition) is 1. The molecule has 1 aromatic heterocycles. The molecule has 0 amide bonds. The fourth-order valence-corrected chi connectivity index (χ4v) is 2.43. The predicted molar refractivity (Wildman–Crippen MR) is 67.4 cm³/mol. The van der Waals surface area contributed by atoms with Gasteiger partial charge in [-0.3, -0.25) is 0 Å². The number of thioether (sulfide) groups is 1. The van der Waals surface area contributed by atoms with Crippen LogP contribution in [0.3, 0.4) is 0 Å². The van der Waals surface area contributed by atoms with Crippen LogP contribution in [0, 0.1) is 6.92 Å². The summed E-state index contributed by atoms with van der Waals surface area (Å²) in [7, 11) is 1.96. The number of hydrogen-bond acceptors (Lipinski definition) is 3. The van der Waals surface area contributed by atoms with E-state index in [9.17, 15) is 0 Å². The van der Waals surface area contributed by atoms with Gasteiger partial charge in [0.15, 0.2) is 0 Å². The van der Waals surface area contributed by atoms with Gasteiger partial charge >= 0.3 is 0 Å². The molecule has 0 saturated heterocycles. The number of nitrogens with zero attached hydrogens (tertiary/aromatic N) is 1. The fourth-order valence-electron chi connectivity index (χ4n) is 1.39. The van der Waals surface area contributed by atoms with Crippen LogP contribution >= 0.6 is 11.8 Å². The summed E-state index contributed by atoms with van der Waals surface area (Å²) >= 11 is 1.87. The van der Waals surface area contributed by atoms with Crippen LogP contribution in [0.25, 0.3) is 0 Å². The van der Waals surface area contributed by atoms with E-state index in [4.69, 9.17) is 0 Å². The van der Waals surface area contributed by atoms with Gasteiger partial charge in [0.05, 0.1) is 5.03 Å². The minimum absolute atomic E-state index is 0.897. The molecule has 84 valence electrons. The van der Waals surface area contributed by atoms with E-state index in [0.29, 0.717) is 0 Å². The molecule has 0 aliphatic carbocycles. The Kier molecular flexibility index (Phi) is 5.73. The molecule has 15 heavy (non-hydrogen) atoms. The second-order valence-corrected chi connectivity index (χ2v) is 4.78. The van der Waals surface area contributed by atoms with Crippen molar-refractivity contribution in [3.05, 3.63) is 23.4 Å². The van der Waals surface area contributed by atoms with Gasteiger partial charge in [-0.25, -0.2) is 4.98 Å². The lowest BCUT2D eigenvalue weighted by Gasteiger charge is -2.06. The summed E-state index contributed by atoms with van der Waals surface area (Å²) in [5, 5.41) is 4.32. The van der Waals surface area contributed by atoms with Crippen molar-refractivity contribution >= 4 is 11.8 Å². The lowest BCUT2D eigenvalue weighted by Crippen LogP contribution is -2.05. The molecular weight excluding hydrogens is 204 g/mol. The first-order valence-corrected chi connectivity index (χ1v) is 6.49. The average Bonchev–Trinajstić information content (AvgIpc) is 2.22. The monoisotopic (exact) mass is 224 g/mol. The summed E-state index contributed by atoms with van der Waals surface area (Å²) < 4.78 is 0. The van der Waals surface area contributed by atoms with Crippen LogP contribution in [0.15, 0.2) is 17.3 Å². The van der Waals surface area contributed by atoms with Crippen molar-refractivity contribution in [1.82, 2.24) is 10.3 Å². The van der Waals surface area contributed by atoms with Crippen molar-refractivity contribution in [2.75, 3.05) is 12.8 Å². The smallest absolute Gasteiger partial charge is 0.0989 e. The predicted octanol–water partition coefficient (Wildman–Crippen LogP) is 3.00. The number of unbranched alkanes of at least 4 members (excludes halogenated alkanes) is 1. The zero-order chi connectivity index (χ0) is 11.1. The van der Waals surface area contributed by atoms with Crippen LogP contribution < -0.4 is 5.32 Å². The standard InChI is InChI=1S/C12H20N2S/c1-4-5-6-15-12-10(2)7-11(8-13-3)9-14-12/h7,9,13H,4-6,8H2,1-3H3. The zero-order valence-corrected chi connectivity index (χ0v) is 10.7. The molecular formula is C12H20N2S. The summed E-state index contributed by atoms with van der Waals surface area (Å²) in [6, 6.07) is 2.22. The Labute approximate surface area is 96.9 Å². The number of aromatic nitrogens is 1. The van der Waals surface area contributed by atoms with E-state index in [0.717, 1.165) is 6.54 Å². The third-order valence-corrected chi connectivity index (χ3v) is 3.40. The van der Waals surface area contributed by atoms with Crippen LogP contribution in [0.5, 0.6) is 0 Å². The summed E-state index contributed by atoms with van der Waals surface area (Å²) in [5.41, 5.74) is 2.55. The maximum Gasteiger partial charge on any atom is 0.0989 e. The first kappa shape index (κ1) is 12.5. The summed E-state index contributed by atoms with van der Waals surface area (Å²) in [4.78, 5) is 4.49. The molecule has 0 aliphatic rings. The summed E-state index contributed by atoms with van der Waals surface area (Å²) in [6.07, 6.45) is 4.49. The molecule has 0 spiro atoms. The Hall–Kier alpha value is -0.540. The van der Waals surface area contributed by atoms with E-state index in [2.05, 4.69) is 30.2 Å². The van der Waals surface area contributed by atoms with Crippen molar-refractivity contribution in [3.63, 3.8) is 0 Å². The van der Waals surface area contributed by atoms with Gasteiger partial charge < -0.3 is 5.32 Å². The minimum Gasteiger partial charge on any atom is -0.316 e. The highest BCUT2D eigenvalue weighted by Crippen LogP contribution is 2.21. The topological polar surface area (TPSA) is 24.9 Å². The van der Waals surface area contributed by atoms with Crippen molar-refractivity contribution in [2.45, 2.75) is 38.3 Å². The quantitative estimate of drug-likeness (QED) is 0.594. The molecule has 0 radical (unpaired) electrons. The third-order valence-electron chi connectivity index (χ3n) is 2.20. The lowest BCUT2D eigenvalue weighted by atomic mass is 10.2. The fraction of sp³-hybridized carbons (Fsp3) is 0.583. The number of rotatable bonds is 6. The molecule has 1 heterocycles. The Morgan fingerprint density at radius 3 is 2.87 bits per heavy atom. The van der Waals surface area contributed by atoms with Crippen LogP contribution in [-0.4, -0.2) is 17.8 Å². The third kappa shape index (κ3) is 4.22. The molecule has 0 saturated carbocycles. The van der Waals surface area contributed by atoms with Gasteiger partial charge in [0.1, 0.15) is 0 Å². The summed E-state index contributed by atoms with van der Waals surface area (Å²) in [5.74, 6) is 1.18. The molecule has 0 bridgehead atoms. The molecule has 3 heteroatoms.